The summed E-state index contributed by atoms with van der Waals surface area (Å²) in [6, 6.07) is 20.9. The smallest absolute Gasteiger partial charge is 0.350 e. The number of esters is 1. The third-order valence-electron chi connectivity index (χ3n) is 7.40. The molecular formula is C33H28N2O7S. The molecule has 0 aliphatic carbocycles. The van der Waals surface area contributed by atoms with Gasteiger partial charge in [0.2, 0.25) is 0 Å². The van der Waals surface area contributed by atoms with Crippen LogP contribution in [0.15, 0.2) is 78.4 Å². The molecule has 0 saturated carbocycles. The van der Waals surface area contributed by atoms with Crippen LogP contribution < -0.4 is 14.4 Å². The Labute approximate surface area is 252 Å². The lowest BCUT2D eigenvalue weighted by Crippen LogP contribution is -2.29. The van der Waals surface area contributed by atoms with Crippen molar-refractivity contribution in [1.29, 1.82) is 0 Å². The largest absolute Gasteiger partial charge is 0.507 e. The molecule has 43 heavy (non-hydrogen) atoms. The highest BCUT2D eigenvalue weighted by molar-refractivity contribution is 7.17. The Morgan fingerprint density at radius 3 is 2.65 bits per heavy atom. The summed E-state index contributed by atoms with van der Waals surface area (Å²) < 4.78 is 16.7. The molecule has 1 fully saturated rings. The maximum Gasteiger partial charge on any atom is 0.350 e. The Bertz CT molecular complexity index is 1780. The third-order valence-corrected chi connectivity index (χ3v) is 8.53. The summed E-state index contributed by atoms with van der Waals surface area (Å²) in [7, 11) is 1.26. The quantitative estimate of drug-likeness (QED) is 0.124. The number of ether oxygens (including phenoxy) is 3. The van der Waals surface area contributed by atoms with Gasteiger partial charge in [-0.05, 0) is 60.9 Å². The maximum atomic E-state index is 13.7. The molecule has 1 amide bonds. The van der Waals surface area contributed by atoms with Crippen LogP contribution in [0.2, 0.25) is 0 Å². The number of aliphatic hydroxyl groups is 1. The van der Waals surface area contributed by atoms with Gasteiger partial charge in [-0.1, -0.05) is 53.8 Å². The molecule has 0 unspecified atom stereocenters. The summed E-state index contributed by atoms with van der Waals surface area (Å²) in [5.74, 6) is -1.41. The van der Waals surface area contributed by atoms with Gasteiger partial charge in [0, 0.05) is 12.0 Å². The van der Waals surface area contributed by atoms with E-state index in [1.165, 1.54) is 12.0 Å². The number of fused-ring (bicyclic) bond motifs is 1. The molecule has 3 aromatic carbocycles. The number of hydrogen-bond acceptors (Lipinski definition) is 9. The van der Waals surface area contributed by atoms with Crippen molar-refractivity contribution >= 4 is 39.9 Å². The van der Waals surface area contributed by atoms with Gasteiger partial charge in [0.15, 0.2) is 5.13 Å². The number of aryl methyl sites for hydroxylation is 1. The van der Waals surface area contributed by atoms with Crippen LogP contribution in [-0.4, -0.2) is 41.0 Å². The van der Waals surface area contributed by atoms with E-state index in [1.54, 1.807) is 49.4 Å². The fourth-order valence-corrected chi connectivity index (χ4v) is 6.36. The SMILES string of the molecule is COC(=O)c1sc(N2C(=O)C(=O)C(=C(O)c3ccc4c(c3)C[C@H](C)O4)[C@H]2c2cccc(OCc3ccccc3)c2)nc1C. The zero-order chi connectivity index (χ0) is 30.2. The van der Waals surface area contributed by atoms with E-state index in [4.69, 9.17) is 14.2 Å². The number of rotatable bonds is 7. The molecule has 10 heteroatoms. The minimum Gasteiger partial charge on any atom is -0.507 e. The molecule has 4 aromatic rings. The maximum absolute atomic E-state index is 13.7. The first-order chi connectivity index (χ1) is 20.7. The number of carbonyl (C=O) groups is 3. The van der Waals surface area contributed by atoms with E-state index < -0.39 is 23.7 Å². The Balaban J connectivity index is 1.46. The Morgan fingerprint density at radius 1 is 1.09 bits per heavy atom. The van der Waals surface area contributed by atoms with Crippen LogP contribution in [0.25, 0.3) is 5.76 Å². The standard InChI is InChI=1S/C33H28N2O7S/c1-18-14-23-15-22(12-13-25(23)42-18)28(36)26-27(21-10-7-11-24(16-21)41-17-20-8-5-4-6-9-20)35(31(38)29(26)37)33-34-19(2)30(43-33)32(39)40-3/h4-13,15-16,18,27,36H,14,17H2,1-3H3/t18-,27+/m0/s1. The van der Waals surface area contributed by atoms with Gasteiger partial charge >= 0.3 is 11.9 Å². The van der Waals surface area contributed by atoms with Gasteiger partial charge < -0.3 is 19.3 Å². The van der Waals surface area contributed by atoms with Gasteiger partial charge in [-0.25, -0.2) is 9.78 Å². The number of aromatic nitrogens is 1. The van der Waals surface area contributed by atoms with Crippen LogP contribution in [0, 0.1) is 6.92 Å². The summed E-state index contributed by atoms with van der Waals surface area (Å²) in [4.78, 5) is 45.6. The van der Waals surface area contributed by atoms with Crippen molar-refractivity contribution in [3.8, 4) is 11.5 Å². The number of benzene rings is 3. The van der Waals surface area contributed by atoms with Crippen molar-refractivity contribution in [3.63, 3.8) is 0 Å². The van der Waals surface area contributed by atoms with E-state index in [2.05, 4.69) is 4.98 Å². The van der Waals surface area contributed by atoms with E-state index in [-0.39, 0.29) is 27.4 Å². The van der Waals surface area contributed by atoms with E-state index in [0.29, 0.717) is 35.6 Å². The second-order valence-corrected chi connectivity index (χ2v) is 11.4. The predicted octanol–water partition coefficient (Wildman–Crippen LogP) is 5.77. The van der Waals surface area contributed by atoms with E-state index >= 15 is 0 Å². The van der Waals surface area contributed by atoms with Crippen molar-refractivity contribution < 1.29 is 33.7 Å². The van der Waals surface area contributed by atoms with Crippen molar-refractivity contribution in [2.24, 2.45) is 0 Å². The molecule has 1 N–H and O–H groups in total. The van der Waals surface area contributed by atoms with Crippen molar-refractivity contribution in [2.75, 3.05) is 12.0 Å². The lowest BCUT2D eigenvalue weighted by atomic mass is 9.94. The average Bonchev–Trinajstić information content (AvgIpc) is 3.67. The predicted molar refractivity (Wildman–Crippen MR) is 160 cm³/mol. The molecule has 1 saturated heterocycles. The zero-order valence-electron chi connectivity index (χ0n) is 23.7. The van der Waals surface area contributed by atoms with Gasteiger partial charge in [-0.15, -0.1) is 0 Å². The zero-order valence-corrected chi connectivity index (χ0v) is 24.5. The highest BCUT2D eigenvalue weighted by Gasteiger charge is 2.48. The lowest BCUT2D eigenvalue weighted by molar-refractivity contribution is -0.132. The molecule has 0 bridgehead atoms. The number of hydrogen-bond donors (Lipinski definition) is 1. The highest BCUT2D eigenvalue weighted by atomic mass is 32.1. The van der Waals surface area contributed by atoms with Crippen LogP contribution in [0.5, 0.6) is 11.5 Å². The highest BCUT2D eigenvalue weighted by Crippen LogP contribution is 2.45. The van der Waals surface area contributed by atoms with Crippen LogP contribution in [0.1, 0.15) is 50.6 Å². The van der Waals surface area contributed by atoms with Crippen LogP contribution in [0.4, 0.5) is 5.13 Å². The number of nitrogens with zero attached hydrogens (tertiary/aromatic N) is 2. The Hall–Kier alpha value is -4.96. The number of carbonyl (C=O) groups excluding carboxylic acids is 3. The Morgan fingerprint density at radius 2 is 1.88 bits per heavy atom. The first-order valence-electron chi connectivity index (χ1n) is 13.7. The molecule has 2 atom stereocenters. The molecule has 0 radical (unpaired) electrons. The number of thiazole rings is 1. The van der Waals surface area contributed by atoms with Gasteiger partial charge in [0.05, 0.1) is 24.4 Å². The van der Waals surface area contributed by atoms with Gasteiger partial charge in [0.25, 0.3) is 5.78 Å². The molecular weight excluding hydrogens is 568 g/mol. The molecule has 218 valence electrons. The number of amides is 1. The van der Waals surface area contributed by atoms with E-state index in [0.717, 1.165) is 28.2 Å². The number of Topliss-reactive ketones (excluding diaryl/α,β-unsaturated/α-hetero) is 1. The van der Waals surface area contributed by atoms with Crippen molar-refractivity contribution in [1.82, 2.24) is 4.98 Å². The summed E-state index contributed by atoms with van der Waals surface area (Å²) >= 11 is 0.947. The van der Waals surface area contributed by atoms with Gasteiger partial charge in [-0.3, -0.25) is 14.5 Å². The Kier molecular flexibility index (Phi) is 7.45. The van der Waals surface area contributed by atoms with Gasteiger partial charge in [0.1, 0.15) is 34.8 Å². The minimum atomic E-state index is -1.04. The number of aliphatic hydroxyl groups excluding tert-OH is 1. The van der Waals surface area contributed by atoms with Crippen molar-refractivity contribution in [2.45, 2.75) is 39.0 Å². The average molecular weight is 597 g/mol. The third kappa shape index (κ3) is 5.25. The molecule has 0 spiro atoms. The summed E-state index contributed by atoms with van der Waals surface area (Å²) in [5, 5.41) is 11.8. The molecule has 9 nitrogen and oxygen atoms in total. The van der Waals surface area contributed by atoms with Gasteiger partial charge in [-0.2, -0.15) is 0 Å². The van der Waals surface area contributed by atoms with Crippen LogP contribution in [0.3, 0.4) is 0 Å². The number of methoxy groups -OCH3 is 1. The second-order valence-electron chi connectivity index (χ2n) is 10.4. The fraction of sp³-hybridized carbons (Fsp3) is 0.212. The number of anilines is 1. The lowest BCUT2D eigenvalue weighted by Gasteiger charge is -2.23. The minimum absolute atomic E-state index is 0.00579. The molecule has 2 aliphatic heterocycles. The fourth-order valence-electron chi connectivity index (χ4n) is 5.35. The second kappa shape index (κ2) is 11.4. The van der Waals surface area contributed by atoms with Crippen molar-refractivity contribution in [3.05, 3.63) is 111 Å². The first kappa shape index (κ1) is 28.2. The normalized spacial score (nSPS) is 18.8. The van der Waals surface area contributed by atoms with E-state index in [9.17, 15) is 19.5 Å². The summed E-state index contributed by atoms with van der Waals surface area (Å²) in [6.45, 7) is 3.90. The number of ketones is 1. The van der Waals surface area contributed by atoms with Crippen LogP contribution in [-0.2, 0) is 27.4 Å². The molecule has 6 rings (SSSR count). The summed E-state index contributed by atoms with van der Waals surface area (Å²) in [6.07, 6.45) is 0.651. The molecule has 1 aromatic heterocycles. The molecule has 3 heterocycles. The van der Waals surface area contributed by atoms with E-state index in [1.807, 2.05) is 37.3 Å². The van der Waals surface area contributed by atoms with Crippen LogP contribution >= 0.6 is 11.3 Å². The first-order valence-corrected chi connectivity index (χ1v) is 14.5. The molecule has 2 aliphatic rings. The summed E-state index contributed by atoms with van der Waals surface area (Å²) in [5.41, 5.74) is 3.06. The monoisotopic (exact) mass is 596 g/mol. The topological polar surface area (TPSA) is 115 Å².